The van der Waals surface area contributed by atoms with E-state index in [1.807, 2.05) is 0 Å². The zero-order chi connectivity index (χ0) is 28.4. The normalized spacial score (nSPS) is 39.8. The molecule has 0 amide bonds. The molecule has 0 aromatic heterocycles. The molecule has 14 atom stereocenters. The molecule has 37 heavy (non-hydrogen) atoms. The molecule has 2 fully saturated rings. The van der Waals surface area contributed by atoms with Gasteiger partial charge in [0.25, 0.3) is 0 Å². The number of aliphatic carboxylic acids is 3. The molecule has 12 N–H and O–H groups in total. The summed E-state index contributed by atoms with van der Waals surface area (Å²) < 4.78 is 19.9. The fourth-order valence-corrected chi connectivity index (χ4v) is 3.58. The van der Waals surface area contributed by atoms with E-state index >= 15 is 0 Å². The van der Waals surface area contributed by atoms with Crippen LogP contribution < -0.4 is 0 Å². The van der Waals surface area contributed by atoms with Crippen LogP contribution >= 0.6 is 0 Å². The van der Waals surface area contributed by atoms with Gasteiger partial charge in [-0.25, -0.2) is 14.4 Å². The van der Waals surface area contributed by atoms with Gasteiger partial charge in [0.05, 0.1) is 6.61 Å². The predicted molar refractivity (Wildman–Crippen MR) is 105 cm³/mol. The molecule has 0 aliphatic carbocycles. The molecule has 2 saturated heterocycles. The van der Waals surface area contributed by atoms with E-state index in [-0.39, 0.29) is 0 Å². The van der Waals surface area contributed by atoms with Gasteiger partial charge in [0.15, 0.2) is 30.9 Å². The lowest BCUT2D eigenvalue weighted by molar-refractivity contribution is -0.358. The summed E-state index contributed by atoms with van der Waals surface area (Å²) >= 11 is 0. The molecular weight excluding hydrogens is 520 g/mol. The van der Waals surface area contributed by atoms with Crippen molar-refractivity contribution in [3.8, 4) is 0 Å². The number of aliphatic hydroxyl groups excluding tert-OH is 9. The summed E-state index contributed by atoms with van der Waals surface area (Å²) in [6.45, 7) is -1.14. The van der Waals surface area contributed by atoms with Crippen LogP contribution in [0.15, 0.2) is 0 Å². The monoisotopic (exact) mass is 548 g/mol. The summed E-state index contributed by atoms with van der Waals surface area (Å²) in [5, 5.41) is 117. The lowest BCUT2D eigenvalue weighted by Crippen LogP contribution is -2.66. The van der Waals surface area contributed by atoms with Crippen molar-refractivity contribution in [2.24, 2.45) is 0 Å². The van der Waals surface area contributed by atoms with Crippen LogP contribution in [0.25, 0.3) is 0 Å². The Morgan fingerprint density at radius 2 is 1.24 bits per heavy atom. The first-order valence-electron chi connectivity index (χ1n) is 10.5. The number of ether oxygens (including phenoxy) is 4. The minimum Gasteiger partial charge on any atom is -0.479 e. The second-order valence-electron chi connectivity index (χ2n) is 8.20. The van der Waals surface area contributed by atoms with Crippen molar-refractivity contribution in [1.82, 2.24) is 0 Å². The second kappa shape index (κ2) is 12.6. The Labute approximate surface area is 205 Å². The van der Waals surface area contributed by atoms with Crippen molar-refractivity contribution in [3.63, 3.8) is 0 Å². The maximum Gasteiger partial charge on any atom is 0.335 e. The minimum atomic E-state index is -2.62. The van der Waals surface area contributed by atoms with Gasteiger partial charge in [-0.2, -0.15) is 0 Å². The van der Waals surface area contributed by atoms with Crippen molar-refractivity contribution in [3.05, 3.63) is 0 Å². The van der Waals surface area contributed by atoms with E-state index in [0.29, 0.717) is 0 Å². The lowest BCUT2D eigenvalue weighted by Gasteiger charge is -2.45. The van der Waals surface area contributed by atoms with Crippen LogP contribution in [0.3, 0.4) is 0 Å². The van der Waals surface area contributed by atoms with Gasteiger partial charge in [-0.15, -0.1) is 0 Å². The highest BCUT2D eigenvalue weighted by atomic mass is 16.7. The first-order chi connectivity index (χ1) is 17.1. The highest BCUT2D eigenvalue weighted by Gasteiger charge is 2.55. The van der Waals surface area contributed by atoms with E-state index in [1.54, 1.807) is 0 Å². The molecule has 19 nitrogen and oxygen atoms in total. The van der Waals surface area contributed by atoms with Crippen LogP contribution in [0, 0.1) is 0 Å². The molecule has 2 aliphatic rings. The molecule has 2 rings (SSSR count). The standard InChI is InChI=1S/C18H28O19/c19-1-2(20)3(21)10(9(27)14(28)29)34-18-8(26)6(24)11(13(37-18)16(32)33)35-17-7(25)4(22)5(23)12(36-17)15(30)31/h2-13,17-27H,1H2,(H,28,29)(H,30,31)(H,32,33)/t2-,3+,4-,5+,6+,7+,8+,9-,10+,11+,12-,13-,17-,18-/m0/s1. The Morgan fingerprint density at radius 1 is 0.730 bits per heavy atom. The summed E-state index contributed by atoms with van der Waals surface area (Å²) in [4.78, 5) is 34.2. The SMILES string of the molecule is O=C(O)[C@@H](O)[C@H](O[C@H]1O[C@H](C(=O)O)[C@H](O[C@H]2O[C@H](C(=O)O)[C@H](O)[C@H](O)[C@H]2O)[C@H](O)[C@H]1O)[C@H](O)[C@@H](O)CO. The van der Waals surface area contributed by atoms with E-state index in [0.717, 1.165) is 0 Å². The summed E-state index contributed by atoms with van der Waals surface area (Å²) in [5.74, 6) is -5.73. The van der Waals surface area contributed by atoms with Crippen molar-refractivity contribution < 1.29 is 94.6 Å². The second-order valence-corrected chi connectivity index (χ2v) is 8.20. The number of carboxylic acid groups (broad SMARTS) is 3. The number of carbonyl (C=O) groups is 3. The van der Waals surface area contributed by atoms with Crippen LogP contribution in [-0.4, -0.2) is 172 Å². The number of rotatable bonds is 11. The average molecular weight is 548 g/mol. The lowest BCUT2D eigenvalue weighted by atomic mass is 9.96. The fourth-order valence-electron chi connectivity index (χ4n) is 3.58. The number of carboxylic acids is 3. The highest BCUT2D eigenvalue weighted by molar-refractivity contribution is 5.74. The smallest absolute Gasteiger partial charge is 0.335 e. The van der Waals surface area contributed by atoms with E-state index < -0.39 is 110 Å². The third kappa shape index (κ3) is 6.67. The Morgan fingerprint density at radius 3 is 1.73 bits per heavy atom. The molecule has 0 radical (unpaired) electrons. The average Bonchev–Trinajstić information content (AvgIpc) is 2.84. The zero-order valence-electron chi connectivity index (χ0n) is 18.5. The van der Waals surface area contributed by atoms with Gasteiger partial charge < -0.3 is 80.2 Å². The molecule has 0 unspecified atom stereocenters. The summed E-state index contributed by atoms with van der Waals surface area (Å²) in [6.07, 6.45) is -31.7. The fraction of sp³-hybridized carbons (Fsp3) is 0.833. The van der Waals surface area contributed by atoms with E-state index in [1.165, 1.54) is 0 Å². The molecule has 214 valence electrons. The topological polar surface area (TPSA) is 331 Å². The van der Waals surface area contributed by atoms with Crippen molar-refractivity contribution in [2.75, 3.05) is 6.61 Å². The molecule has 0 spiro atoms. The van der Waals surface area contributed by atoms with Crippen molar-refractivity contribution in [1.29, 1.82) is 0 Å². The number of aliphatic hydroxyl groups is 9. The summed E-state index contributed by atoms with van der Waals surface area (Å²) in [7, 11) is 0. The molecule has 0 aromatic carbocycles. The largest absolute Gasteiger partial charge is 0.479 e. The van der Waals surface area contributed by atoms with Gasteiger partial charge in [-0.1, -0.05) is 0 Å². The Balaban J connectivity index is 2.29. The van der Waals surface area contributed by atoms with Gasteiger partial charge in [0, 0.05) is 0 Å². The zero-order valence-corrected chi connectivity index (χ0v) is 18.5. The van der Waals surface area contributed by atoms with Crippen LogP contribution in [0.2, 0.25) is 0 Å². The summed E-state index contributed by atoms with van der Waals surface area (Å²) in [6, 6.07) is 0. The first-order valence-corrected chi connectivity index (χ1v) is 10.5. The third-order valence-corrected chi connectivity index (χ3v) is 5.67. The molecule has 2 heterocycles. The number of hydrogen-bond acceptors (Lipinski definition) is 16. The molecule has 0 saturated carbocycles. The van der Waals surface area contributed by atoms with E-state index in [9.17, 15) is 60.3 Å². The van der Waals surface area contributed by atoms with Gasteiger partial charge in [-0.3, -0.25) is 0 Å². The van der Waals surface area contributed by atoms with E-state index in [2.05, 4.69) is 0 Å². The Bertz CT molecular complexity index is 808. The summed E-state index contributed by atoms with van der Waals surface area (Å²) in [5.41, 5.74) is 0. The van der Waals surface area contributed by atoms with Crippen LogP contribution in [-0.2, 0) is 33.3 Å². The van der Waals surface area contributed by atoms with Crippen LogP contribution in [0.1, 0.15) is 0 Å². The molecular formula is C18H28O19. The maximum absolute atomic E-state index is 11.8. The van der Waals surface area contributed by atoms with Crippen molar-refractivity contribution in [2.45, 2.75) is 85.8 Å². The first kappa shape index (κ1) is 31.1. The number of hydrogen-bond donors (Lipinski definition) is 12. The van der Waals surface area contributed by atoms with Crippen molar-refractivity contribution >= 4 is 17.9 Å². The van der Waals surface area contributed by atoms with Gasteiger partial charge in [-0.05, 0) is 0 Å². The van der Waals surface area contributed by atoms with Gasteiger partial charge in [0.2, 0.25) is 0 Å². The molecule has 19 heteroatoms. The third-order valence-electron chi connectivity index (χ3n) is 5.67. The van der Waals surface area contributed by atoms with Crippen LogP contribution in [0.4, 0.5) is 0 Å². The highest BCUT2D eigenvalue weighted by Crippen LogP contribution is 2.31. The molecule has 2 aliphatic heterocycles. The molecule has 0 bridgehead atoms. The van der Waals surface area contributed by atoms with E-state index in [4.69, 9.17) is 34.3 Å². The quantitative estimate of drug-likeness (QED) is 0.114. The molecule has 0 aromatic rings. The predicted octanol–water partition coefficient (Wildman–Crippen LogP) is -7.66. The van der Waals surface area contributed by atoms with Crippen LogP contribution in [0.5, 0.6) is 0 Å². The minimum absolute atomic E-state index is 1.14. The Hall–Kier alpha value is -2.11. The van der Waals surface area contributed by atoms with Gasteiger partial charge >= 0.3 is 17.9 Å². The Kier molecular flexibility index (Phi) is 10.6. The maximum atomic E-state index is 11.8. The van der Waals surface area contributed by atoms with Gasteiger partial charge in [0.1, 0.15) is 54.9 Å².